The van der Waals surface area contributed by atoms with Crippen LogP contribution in [0.2, 0.25) is 0 Å². The summed E-state index contributed by atoms with van der Waals surface area (Å²) in [7, 11) is -3.73. The largest absolute Gasteiger partial charge is 0.261 e. The number of nitrogens with one attached hydrogen (secondary N) is 1. The number of primary sulfonamides is 1. The monoisotopic (exact) mass is 362 g/mol. The van der Waals surface area contributed by atoms with Gasteiger partial charge < -0.3 is 0 Å². The highest BCUT2D eigenvalue weighted by atomic mass is 32.2. The normalized spacial score (nSPS) is 18.7. The molecule has 0 fully saturated rings. The van der Waals surface area contributed by atoms with Gasteiger partial charge in [0.15, 0.2) is 0 Å². The Morgan fingerprint density at radius 1 is 1.40 bits per heavy atom. The second-order valence-corrected chi connectivity index (χ2v) is 8.62. The molecule has 6 nitrogen and oxygen atoms in total. The average molecular weight is 362 g/mol. The molecule has 0 spiro atoms. The van der Waals surface area contributed by atoms with E-state index in [-0.39, 0.29) is 10.3 Å². The van der Waals surface area contributed by atoms with E-state index in [9.17, 15) is 8.42 Å². The van der Waals surface area contributed by atoms with Crippen LogP contribution in [0.3, 0.4) is 0 Å². The fourth-order valence-electron chi connectivity index (χ4n) is 3.01. The summed E-state index contributed by atoms with van der Waals surface area (Å²) < 4.78 is 22.4. The van der Waals surface area contributed by atoms with Gasteiger partial charge in [0, 0.05) is 6.20 Å². The maximum absolute atomic E-state index is 11.2. The lowest BCUT2D eigenvalue weighted by atomic mass is 9.72. The predicted molar refractivity (Wildman–Crippen MR) is 102 cm³/mol. The van der Waals surface area contributed by atoms with Crippen molar-refractivity contribution < 1.29 is 8.42 Å². The van der Waals surface area contributed by atoms with Crippen LogP contribution in [0.4, 0.5) is 5.82 Å². The Hall–Kier alpha value is -1.99. The minimum atomic E-state index is -3.73. The Balaban J connectivity index is 2.07. The van der Waals surface area contributed by atoms with E-state index in [2.05, 4.69) is 42.4 Å². The Morgan fingerprint density at radius 2 is 2.12 bits per heavy atom. The molecule has 0 aliphatic heterocycles. The van der Waals surface area contributed by atoms with Crippen molar-refractivity contribution in [2.45, 2.75) is 51.9 Å². The number of rotatable bonds is 5. The van der Waals surface area contributed by atoms with E-state index in [0.717, 1.165) is 12.1 Å². The molecule has 0 saturated carbocycles. The molecule has 3 N–H and O–H groups in total. The maximum Gasteiger partial charge on any atom is 0.239 e. The van der Waals surface area contributed by atoms with Crippen molar-refractivity contribution in [1.82, 2.24) is 4.98 Å². The zero-order chi connectivity index (χ0) is 18.7. The summed E-state index contributed by atoms with van der Waals surface area (Å²) in [5.41, 5.74) is 6.63. The quantitative estimate of drug-likeness (QED) is 0.618. The molecule has 0 bridgehead atoms. The zero-order valence-corrected chi connectivity index (χ0v) is 16.0. The first-order valence-corrected chi connectivity index (χ1v) is 9.82. The van der Waals surface area contributed by atoms with Crippen LogP contribution in [-0.4, -0.2) is 19.1 Å². The molecular formula is C18H26N4O2S. The van der Waals surface area contributed by atoms with Crippen molar-refractivity contribution in [3.8, 4) is 0 Å². The van der Waals surface area contributed by atoms with E-state index in [4.69, 9.17) is 5.14 Å². The highest BCUT2D eigenvalue weighted by Crippen LogP contribution is 2.40. The van der Waals surface area contributed by atoms with Crippen molar-refractivity contribution >= 4 is 21.6 Å². The highest BCUT2D eigenvalue weighted by molar-refractivity contribution is 7.89. The minimum Gasteiger partial charge on any atom is -0.261 e. The van der Waals surface area contributed by atoms with Gasteiger partial charge in [0.1, 0.15) is 10.7 Å². The maximum atomic E-state index is 11.2. The Labute approximate surface area is 150 Å². The summed E-state index contributed by atoms with van der Waals surface area (Å²) in [6.45, 7) is 8.64. The van der Waals surface area contributed by atoms with Crippen LogP contribution >= 0.6 is 0 Å². The van der Waals surface area contributed by atoms with Crippen LogP contribution in [0.1, 0.15) is 47.0 Å². The molecule has 7 heteroatoms. The van der Waals surface area contributed by atoms with E-state index in [0.29, 0.717) is 5.82 Å². The van der Waals surface area contributed by atoms with Gasteiger partial charge in [-0.25, -0.2) is 18.5 Å². The number of hydrazone groups is 1. The van der Waals surface area contributed by atoms with E-state index in [1.54, 1.807) is 0 Å². The van der Waals surface area contributed by atoms with E-state index in [1.807, 2.05) is 13.0 Å². The molecule has 0 aromatic carbocycles. The lowest BCUT2D eigenvalue weighted by molar-refractivity contribution is 0.377. The Morgan fingerprint density at radius 3 is 2.68 bits per heavy atom. The first-order valence-electron chi connectivity index (χ1n) is 8.27. The number of aromatic nitrogens is 1. The van der Waals surface area contributed by atoms with Gasteiger partial charge >= 0.3 is 0 Å². The van der Waals surface area contributed by atoms with Crippen LogP contribution in [0.15, 0.2) is 51.6 Å². The van der Waals surface area contributed by atoms with E-state index in [1.165, 1.54) is 42.3 Å². The molecule has 1 aliphatic rings. The van der Waals surface area contributed by atoms with Crippen molar-refractivity contribution in [3.05, 3.63) is 41.6 Å². The van der Waals surface area contributed by atoms with Gasteiger partial charge in [0.05, 0.1) is 5.71 Å². The summed E-state index contributed by atoms with van der Waals surface area (Å²) >= 11 is 0. The van der Waals surface area contributed by atoms with Crippen LogP contribution in [-0.2, 0) is 10.0 Å². The zero-order valence-electron chi connectivity index (χ0n) is 15.2. The molecule has 25 heavy (non-hydrogen) atoms. The molecule has 1 aromatic rings. The molecule has 136 valence electrons. The van der Waals surface area contributed by atoms with Gasteiger partial charge in [-0.2, -0.15) is 5.10 Å². The summed E-state index contributed by atoms with van der Waals surface area (Å²) in [6.07, 6.45) is 8.92. The fraction of sp³-hybridized carbons (Fsp3) is 0.444. The van der Waals surface area contributed by atoms with Gasteiger partial charge in [0.25, 0.3) is 0 Å². The second-order valence-electron chi connectivity index (χ2n) is 7.05. The van der Waals surface area contributed by atoms with Crippen LogP contribution in [0.25, 0.3) is 0 Å². The van der Waals surface area contributed by atoms with Gasteiger partial charge in [-0.3, -0.25) is 5.43 Å². The molecule has 1 aliphatic carbocycles. The highest BCUT2D eigenvalue weighted by Gasteiger charge is 2.26. The number of hydrogen-bond acceptors (Lipinski definition) is 5. The van der Waals surface area contributed by atoms with Crippen molar-refractivity contribution in [2.24, 2.45) is 15.7 Å². The topological polar surface area (TPSA) is 97.4 Å². The van der Waals surface area contributed by atoms with E-state index < -0.39 is 10.0 Å². The smallest absolute Gasteiger partial charge is 0.239 e. The minimum absolute atomic E-state index is 0.0272. The molecule has 1 heterocycles. The first-order chi connectivity index (χ1) is 11.6. The number of anilines is 1. The molecule has 0 atom stereocenters. The standard InChI is InChI=1S/C18H26N4O2S/c1-13-6-5-11-18(3,4)16(13)9-7-14(2)21-22-17-10-8-15(12-20-17)25(19,23)24/h7-10,12H,5-6,11H2,1-4H3,(H,20,22)(H2,19,23,24)/b9-7-,21-14?. The molecule has 0 radical (unpaired) electrons. The van der Waals surface area contributed by atoms with Crippen LogP contribution < -0.4 is 10.6 Å². The SMILES string of the molecule is CC(/C=C\C1=C(C)CCCC1(C)C)=NNc1ccc(S(N)(=O)=O)cn1. The number of pyridine rings is 1. The first kappa shape index (κ1) is 19.3. The van der Waals surface area contributed by atoms with Gasteiger partial charge in [-0.1, -0.05) is 25.5 Å². The second kappa shape index (κ2) is 7.49. The number of nitrogens with zero attached hydrogens (tertiary/aromatic N) is 2. The summed E-state index contributed by atoms with van der Waals surface area (Å²) in [4.78, 5) is 3.96. The molecule has 0 amide bonds. The third-order valence-electron chi connectivity index (χ3n) is 4.45. The van der Waals surface area contributed by atoms with Crippen LogP contribution in [0, 0.1) is 5.41 Å². The number of allylic oxidation sites excluding steroid dienone is 4. The summed E-state index contributed by atoms with van der Waals surface area (Å²) in [5.74, 6) is 0.452. The molecule has 1 aromatic heterocycles. The number of sulfonamides is 1. The van der Waals surface area contributed by atoms with Crippen molar-refractivity contribution in [2.75, 3.05) is 5.43 Å². The fourth-order valence-corrected chi connectivity index (χ4v) is 3.47. The van der Waals surface area contributed by atoms with Gasteiger partial charge in [-0.15, -0.1) is 0 Å². The number of hydrogen-bond donors (Lipinski definition) is 2. The third-order valence-corrected chi connectivity index (χ3v) is 5.34. The Kier molecular flexibility index (Phi) is 5.80. The van der Waals surface area contributed by atoms with Crippen molar-refractivity contribution in [1.29, 1.82) is 0 Å². The molecule has 0 saturated heterocycles. The molecule has 0 unspecified atom stereocenters. The lowest BCUT2D eigenvalue weighted by Crippen LogP contribution is -2.19. The average Bonchev–Trinajstić information content (AvgIpc) is 2.51. The lowest BCUT2D eigenvalue weighted by Gasteiger charge is -2.32. The third kappa shape index (κ3) is 5.24. The predicted octanol–water partition coefficient (Wildman–Crippen LogP) is 3.60. The van der Waals surface area contributed by atoms with Gasteiger partial charge in [0.2, 0.25) is 10.0 Å². The Bertz CT molecular complexity index is 819. The van der Waals surface area contributed by atoms with E-state index >= 15 is 0 Å². The molecular weight excluding hydrogens is 336 g/mol. The molecule has 2 rings (SSSR count). The summed E-state index contributed by atoms with van der Waals surface area (Å²) in [6, 6.07) is 2.92. The van der Waals surface area contributed by atoms with Crippen LogP contribution in [0.5, 0.6) is 0 Å². The van der Waals surface area contributed by atoms with Gasteiger partial charge in [-0.05, 0) is 62.3 Å². The summed E-state index contributed by atoms with van der Waals surface area (Å²) in [5, 5.41) is 9.30. The van der Waals surface area contributed by atoms with Crippen molar-refractivity contribution in [3.63, 3.8) is 0 Å². The number of nitrogens with two attached hydrogens (primary N) is 1.